The number of aromatic nitrogens is 1. The van der Waals surface area contributed by atoms with Crippen molar-refractivity contribution in [3.05, 3.63) is 63.0 Å². The molecule has 0 amide bonds. The molecule has 1 aromatic carbocycles. The molecular weight excluding hydrogens is 452 g/mol. The normalized spacial score (nSPS) is 16.5. The molecule has 1 aliphatic rings. The van der Waals surface area contributed by atoms with Gasteiger partial charge in [-0.05, 0) is 67.7 Å². The van der Waals surface area contributed by atoms with Crippen molar-refractivity contribution in [3.8, 4) is 0 Å². The number of thiophene rings is 1. The zero-order valence-electron chi connectivity index (χ0n) is 19.6. The molecule has 0 saturated heterocycles. The number of carbonyl (C=O) groups excluding carboxylic acids is 1. The Morgan fingerprint density at radius 1 is 1.24 bits per heavy atom. The average Bonchev–Trinajstić information content (AvgIpc) is 3.28. The zero-order valence-corrected chi connectivity index (χ0v) is 21.2. The van der Waals surface area contributed by atoms with E-state index in [4.69, 9.17) is 0 Å². The molecule has 0 radical (unpaired) electrons. The van der Waals surface area contributed by atoms with Crippen LogP contribution in [-0.2, 0) is 23.0 Å². The van der Waals surface area contributed by atoms with Gasteiger partial charge in [-0.25, -0.2) is 13.1 Å². The third-order valence-corrected chi connectivity index (χ3v) is 8.26. The SMILES string of the molecule is CCCC1CCc2sccc2C=C1C(=O)c1c(C)n(CCCNS(C)(=O)=O)c2ccccc12. The first kappa shape index (κ1) is 23.9. The standard InChI is InChI=1S/C26H32N2O3S2/c1-4-8-19-11-12-24-20(13-16-32-24)17-22(19)26(29)25-18(2)28(15-7-14-27-33(3,30)31)23-10-6-5-9-21(23)25/h5-6,9-10,13,16-17,19,27H,4,7-8,11-12,14-15H2,1-3H3. The summed E-state index contributed by atoms with van der Waals surface area (Å²) in [4.78, 5) is 15.5. The molecule has 0 bridgehead atoms. The van der Waals surface area contributed by atoms with Crippen LogP contribution in [0, 0.1) is 12.8 Å². The molecular formula is C26H32N2O3S2. The number of nitrogens with one attached hydrogen (secondary N) is 1. The summed E-state index contributed by atoms with van der Waals surface area (Å²) < 4.78 is 27.5. The molecule has 2 aromatic heterocycles. The van der Waals surface area contributed by atoms with Gasteiger partial charge in [-0.3, -0.25) is 4.79 Å². The molecule has 0 aliphatic heterocycles. The number of aryl methyl sites for hydroxylation is 2. The fourth-order valence-electron chi connectivity index (χ4n) is 4.97. The molecule has 1 N–H and O–H groups in total. The monoisotopic (exact) mass is 484 g/mol. The van der Waals surface area contributed by atoms with E-state index in [0.717, 1.165) is 53.4 Å². The highest BCUT2D eigenvalue weighted by Gasteiger charge is 2.29. The summed E-state index contributed by atoms with van der Waals surface area (Å²) in [6, 6.07) is 10.2. The Kier molecular flexibility index (Phi) is 7.22. The number of ketones is 1. The van der Waals surface area contributed by atoms with Crippen LogP contribution >= 0.6 is 11.3 Å². The Morgan fingerprint density at radius 2 is 2.03 bits per heavy atom. The maximum atomic E-state index is 14.1. The number of para-hydroxylation sites is 1. The quantitative estimate of drug-likeness (QED) is 0.318. The van der Waals surface area contributed by atoms with Crippen LogP contribution in [0.4, 0.5) is 0 Å². The summed E-state index contributed by atoms with van der Waals surface area (Å²) in [5, 5.41) is 3.09. The van der Waals surface area contributed by atoms with Crippen LogP contribution < -0.4 is 4.72 Å². The Morgan fingerprint density at radius 3 is 2.79 bits per heavy atom. The van der Waals surface area contributed by atoms with Crippen LogP contribution in [0.2, 0.25) is 0 Å². The number of carbonyl (C=O) groups is 1. The van der Waals surface area contributed by atoms with E-state index in [-0.39, 0.29) is 11.7 Å². The molecule has 176 valence electrons. The minimum atomic E-state index is -3.21. The molecule has 7 heteroatoms. The number of sulfonamides is 1. The van der Waals surface area contributed by atoms with Crippen molar-refractivity contribution in [2.75, 3.05) is 12.8 Å². The van der Waals surface area contributed by atoms with Crippen molar-refractivity contribution >= 4 is 44.1 Å². The van der Waals surface area contributed by atoms with E-state index in [2.05, 4.69) is 33.7 Å². The van der Waals surface area contributed by atoms with E-state index in [1.54, 1.807) is 11.3 Å². The van der Waals surface area contributed by atoms with Crippen molar-refractivity contribution in [2.45, 2.75) is 52.5 Å². The van der Waals surface area contributed by atoms with E-state index in [1.807, 2.05) is 31.2 Å². The molecule has 0 saturated carbocycles. The van der Waals surface area contributed by atoms with Gasteiger partial charge >= 0.3 is 0 Å². The van der Waals surface area contributed by atoms with Crippen molar-refractivity contribution in [1.29, 1.82) is 0 Å². The topological polar surface area (TPSA) is 68.2 Å². The Labute approximate surface area is 200 Å². The van der Waals surface area contributed by atoms with Gasteiger partial charge in [0.2, 0.25) is 10.0 Å². The van der Waals surface area contributed by atoms with Gasteiger partial charge < -0.3 is 4.57 Å². The molecule has 0 fully saturated rings. The second-order valence-electron chi connectivity index (χ2n) is 8.90. The summed E-state index contributed by atoms with van der Waals surface area (Å²) in [6.07, 6.45) is 8.07. The highest BCUT2D eigenvalue weighted by molar-refractivity contribution is 7.88. The summed E-state index contributed by atoms with van der Waals surface area (Å²) >= 11 is 1.78. The van der Waals surface area contributed by atoms with Gasteiger partial charge in [-0.1, -0.05) is 31.5 Å². The smallest absolute Gasteiger partial charge is 0.208 e. The Hall–Kier alpha value is -2.22. The predicted molar refractivity (Wildman–Crippen MR) is 137 cm³/mol. The molecule has 1 atom stereocenters. The van der Waals surface area contributed by atoms with E-state index < -0.39 is 10.0 Å². The highest BCUT2D eigenvalue weighted by Crippen LogP contribution is 2.37. The number of Topliss-reactive ketones (excluding diaryl/α,β-unsaturated/α-hetero) is 1. The lowest BCUT2D eigenvalue weighted by Gasteiger charge is -2.18. The fraction of sp³-hybridized carbons (Fsp3) is 0.423. The number of fused-ring (bicyclic) bond motifs is 2. The van der Waals surface area contributed by atoms with Gasteiger partial charge in [0.05, 0.1) is 11.8 Å². The highest BCUT2D eigenvalue weighted by atomic mass is 32.2. The van der Waals surface area contributed by atoms with Crippen molar-refractivity contribution < 1.29 is 13.2 Å². The average molecular weight is 485 g/mol. The molecule has 3 aromatic rings. The first-order chi connectivity index (χ1) is 15.8. The molecule has 33 heavy (non-hydrogen) atoms. The molecule has 4 rings (SSSR count). The number of nitrogens with zero attached hydrogens (tertiary/aromatic N) is 1. The third kappa shape index (κ3) is 5.15. The maximum absolute atomic E-state index is 14.1. The van der Waals surface area contributed by atoms with Gasteiger partial charge in [-0.2, -0.15) is 0 Å². The van der Waals surface area contributed by atoms with Crippen molar-refractivity contribution in [1.82, 2.24) is 9.29 Å². The second-order valence-corrected chi connectivity index (χ2v) is 11.7. The number of hydrogen-bond donors (Lipinski definition) is 1. The number of allylic oxidation sites excluding steroid dienone is 1. The molecule has 0 spiro atoms. The van der Waals surface area contributed by atoms with Crippen LogP contribution in [0.25, 0.3) is 17.0 Å². The lowest BCUT2D eigenvalue weighted by atomic mass is 9.85. The summed E-state index contributed by atoms with van der Waals surface area (Å²) in [5.41, 5.74) is 4.88. The summed E-state index contributed by atoms with van der Waals surface area (Å²) in [6.45, 7) is 5.22. The second kappa shape index (κ2) is 9.95. The van der Waals surface area contributed by atoms with Crippen molar-refractivity contribution in [2.24, 2.45) is 5.92 Å². The van der Waals surface area contributed by atoms with Crippen LogP contribution in [-0.4, -0.2) is 31.6 Å². The lowest BCUT2D eigenvalue weighted by molar-refractivity contribution is 0.102. The number of benzene rings is 1. The minimum Gasteiger partial charge on any atom is -0.344 e. The number of rotatable bonds is 9. The molecule has 5 nitrogen and oxygen atoms in total. The summed E-state index contributed by atoms with van der Waals surface area (Å²) in [7, 11) is -3.21. The van der Waals surface area contributed by atoms with Crippen LogP contribution in [0.15, 0.2) is 41.3 Å². The fourth-order valence-corrected chi connectivity index (χ4v) is 6.37. The molecule has 1 unspecified atom stereocenters. The van der Waals surface area contributed by atoms with E-state index >= 15 is 0 Å². The van der Waals surface area contributed by atoms with Crippen LogP contribution in [0.5, 0.6) is 0 Å². The van der Waals surface area contributed by atoms with E-state index in [0.29, 0.717) is 19.5 Å². The maximum Gasteiger partial charge on any atom is 0.208 e. The lowest BCUT2D eigenvalue weighted by Crippen LogP contribution is -2.24. The van der Waals surface area contributed by atoms with Gasteiger partial charge in [0.25, 0.3) is 0 Å². The van der Waals surface area contributed by atoms with Gasteiger partial charge in [0.15, 0.2) is 5.78 Å². The van der Waals surface area contributed by atoms with Crippen molar-refractivity contribution in [3.63, 3.8) is 0 Å². The van der Waals surface area contributed by atoms with Gasteiger partial charge in [0, 0.05) is 40.1 Å². The molecule has 1 aliphatic carbocycles. The van der Waals surface area contributed by atoms with Crippen LogP contribution in [0.1, 0.15) is 59.1 Å². The van der Waals surface area contributed by atoms with E-state index in [9.17, 15) is 13.2 Å². The first-order valence-corrected chi connectivity index (χ1v) is 14.4. The van der Waals surface area contributed by atoms with Gasteiger partial charge in [-0.15, -0.1) is 11.3 Å². The minimum absolute atomic E-state index is 0.134. The van der Waals surface area contributed by atoms with Crippen LogP contribution in [0.3, 0.4) is 0 Å². The largest absolute Gasteiger partial charge is 0.344 e. The zero-order chi connectivity index (χ0) is 23.6. The third-order valence-electron chi connectivity index (χ3n) is 6.53. The Bertz CT molecular complexity index is 1300. The summed E-state index contributed by atoms with van der Waals surface area (Å²) in [5.74, 6) is 0.400. The predicted octanol–water partition coefficient (Wildman–Crippen LogP) is 5.58. The first-order valence-electron chi connectivity index (χ1n) is 11.6. The Balaban J connectivity index is 1.73. The molecule has 2 heterocycles. The van der Waals surface area contributed by atoms with Gasteiger partial charge in [0.1, 0.15) is 0 Å². The number of hydrogen-bond acceptors (Lipinski definition) is 4. The van der Waals surface area contributed by atoms with E-state index in [1.165, 1.54) is 16.7 Å².